The van der Waals surface area contributed by atoms with Gasteiger partial charge in [0.2, 0.25) is 0 Å². The van der Waals surface area contributed by atoms with E-state index < -0.39 is 17.8 Å². The fraction of sp³-hybridized carbons (Fsp3) is 0.500. The number of aliphatic hydroxyl groups excluding tert-OH is 1. The van der Waals surface area contributed by atoms with Gasteiger partial charge < -0.3 is 10.4 Å². The summed E-state index contributed by atoms with van der Waals surface area (Å²) in [5.41, 5.74) is -0.234. The molecule has 0 bridgehead atoms. The molecule has 1 atom stereocenters. The van der Waals surface area contributed by atoms with Crippen LogP contribution in [0.2, 0.25) is 0 Å². The van der Waals surface area contributed by atoms with Crippen molar-refractivity contribution in [1.29, 1.82) is 0 Å². The van der Waals surface area contributed by atoms with E-state index in [4.69, 9.17) is 5.11 Å². The number of benzene rings is 1. The van der Waals surface area contributed by atoms with Crippen LogP contribution in [0.15, 0.2) is 24.3 Å². The first-order chi connectivity index (χ1) is 7.99. The second kappa shape index (κ2) is 6.02. The van der Waals surface area contributed by atoms with E-state index in [1.54, 1.807) is 6.07 Å². The molecule has 17 heavy (non-hydrogen) atoms. The van der Waals surface area contributed by atoms with Gasteiger partial charge in [0, 0.05) is 0 Å². The highest BCUT2D eigenvalue weighted by molar-refractivity contribution is 5.28. The van der Waals surface area contributed by atoms with Crippen LogP contribution in [0.1, 0.15) is 30.5 Å². The number of hydrogen-bond acceptors (Lipinski definition) is 2. The zero-order valence-electron chi connectivity index (χ0n) is 9.59. The number of nitrogens with one attached hydrogen (secondary N) is 1. The minimum absolute atomic E-state index is 0.221. The largest absolute Gasteiger partial charge is 0.416 e. The van der Waals surface area contributed by atoms with Crippen molar-refractivity contribution in [2.24, 2.45) is 0 Å². The summed E-state index contributed by atoms with van der Waals surface area (Å²) in [6.07, 6.45) is -3.49. The maximum Gasteiger partial charge on any atom is 0.416 e. The molecular weight excluding hydrogens is 231 g/mol. The first kappa shape index (κ1) is 14.0. The molecule has 0 heterocycles. The third kappa shape index (κ3) is 4.02. The number of hydrogen-bond donors (Lipinski definition) is 2. The third-order valence-electron chi connectivity index (χ3n) is 2.44. The summed E-state index contributed by atoms with van der Waals surface area (Å²) >= 11 is 0. The number of rotatable bonds is 5. The minimum Gasteiger partial charge on any atom is -0.394 e. The molecule has 1 aromatic carbocycles. The zero-order chi connectivity index (χ0) is 12.9. The van der Waals surface area contributed by atoms with E-state index in [-0.39, 0.29) is 6.61 Å². The van der Waals surface area contributed by atoms with Crippen LogP contribution in [0.25, 0.3) is 0 Å². The summed E-state index contributed by atoms with van der Waals surface area (Å²) in [6.45, 7) is 2.39. The Kier molecular flexibility index (Phi) is 4.96. The van der Waals surface area contributed by atoms with E-state index in [1.165, 1.54) is 6.07 Å². The lowest BCUT2D eigenvalue weighted by Gasteiger charge is -2.17. The van der Waals surface area contributed by atoms with Gasteiger partial charge in [-0.25, -0.2) is 0 Å². The molecule has 1 unspecified atom stereocenters. The molecule has 2 N–H and O–H groups in total. The lowest BCUT2D eigenvalue weighted by molar-refractivity contribution is -0.137. The SMILES string of the molecule is CCCNC(CO)c1cccc(C(F)(F)F)c1. The second-order valence-corrected chi connectivity index (χ2v) is 3.81. The lowest BCUT2D eigenvalue weighted by Crippen LogP contribution is -2.25. The van der Waals surface area contributed by atoms with Crippen LogP contribution in [-0.2, 0) is 6.18 Å². The van der Waals surface area contributed by atoms with Crippen LogP contribution in [0.3, 0.4) is 0 Å². The van der Waals surface area contributed by atoms with Crippen molar-refractivity contribution in [2.75, 3.05) is 13.2 Å². The molecule has 1 rings (SSSR count). The van der Waals surface area contributed by atoms with E-state index in [0.29, 0.717) is 12.1 Å². The summed E-state index contributed by atoms with van der Waals surface area (Å²) in [5, 5.41) is 12.2. The van der Waals surface area contributed by atoms with Gasteiger partial charge in [0.05, 0.1) is 18.2 Å². The molecular formula is C12H16F3NO. The summed E-state index contributed by atoms with van der Waals surface area (Å²) in [5.74, 6) is 0. The minimum atomic E-state index is -4.35. The molecule has 0 spiro atoms. The van der Waals surface area contributed by atoms with E-state index >= 15 is 0 Å². The molecule has 0 aliphatic rings. The predicted molar refractivity (Wildman–Crippen MR) is 59.6 cm³/mol. The van der Waals surface area contributed by atoms with Crippen LogP contribution in [0, 0.1) is 0 Å². The zero-order valence-corrected chi connectivity index (χ0v) is 9.59. The second-order valence-electron chi connectivity index (χ2n) is 3.81. The average molecular weight is 247 g/mol. The Hall–Kier alpha value is -1.07. The Morgan fingerprint density at radius 2 is 2.06 bits per heavy atom. The molecule has 1 aromatic rings. The molecule has 96 valence electrons. The summed E-state index contributed by atoms with van der Waals surface area (Å²) in [7, 11) is 0. The van der Waals surface area contributed by atoms with Gasteiger partial charge in [-0.05, 0) is 30.7 Å². The van der Waals surface area contributed by atoms with Crippen molar-refractivity contribution in [1.82, 2.24) is 5.32 Å². The van der Waals surface area contributed by atoms with Crippen LogP contribution < -0.4 is 5.32 Å². The predicted octanol–water partition coefficient (Wildman–Crippen LogP) is 2.74. The molecule has 2 nitrogen and oxygen atoms in total. The van der Waals surface area contributed by atoms with Gasteiger partial charge in [0.15, 0.2) is 0 Å². The number of aliphatic hydroxyl groups is 1. The highest BCUT2D eigenvalue weighted by atomic mass is 19.4. The van der Waals surface area contributed by atoms with Crippen LogP contribution in [-0.4, -0.2) is 18.3 Å². The summed E-state index contributed by atoms with van der Waals surface area (Å²) in [4.78, 5) is 0. The molecule has 0 radical (unpaired) electrons. The Morgan fingerprint density at radius 1 is 1.35 bits per heavy atom. The van der Waals surface area contributed by atoms with Gasteiger partial charge in [-0.2, -0.15) is 13.2 Å². The van der Waals surface area contributed by atoms with Crippen LogP contribution in [0.4, 0.5) is 13.2 Å². The maximum absolute atomic E-state index is 12.5. The Bertz CT molecular complexity index is 352. The molecule has 0 aliphatic heterocycles. The molecule has 0 saturated carbocycles. The highest BCUT2D eigenvalue weighted by Crippen LogP contribution is 2.30. The van der Waals surface area contributed by atoms with Gasteiger partial charge in [0.25, 0.3) is 0 Å². The van der Waals surface area contributed by atoms with Crippen molar-refractivity contribution >= 4 is 0 Å². The Balaban J connectivity index is 2.89. The van der Waals surface area contributed by atoms with E-state index in [0.717, 1.165) is 18.6 Å². The molecule has 5 heteroatoms. The van der Waals surface area contributed by atoms with Crippen molar-refractivity contribution in [3.05, 3.63) is 35.4 Å². The molecule has 0 aromatic heterocycles. The topological polar surface area (TPSA) is 32.3 Å². The standard InChI is InChI=1S/C12H16F3NO/c1-2-6-16-11(8-17)9-4-3-5-10(7-9)12(13,14)15/h3-5,7,11,16-17H,2,6,8H2,1H3. The van der Waals surface area contributed by atoms with Gasteiger partial charge in [-0.1, -0.05) is 19.1 Å². The molecule has 0 saturated heterocycles. The fourth-order valence-electron chi connectivity index (χ4n) is 1.54. The van der Waals surface area contributed by atoms with Gasteiger partial charge in [0.1, 0.15) is 0 Å². The lowest BCUT2D eigenvalue weighted by atomic mass is 10.0. The monoisotopic (exact) mass is 247 g/mol. The fourth-order valence-corrected chi connectivity index (χ4v) is 1.54. The van der Waals surface area contributed by atoms with Crippen LogP contribution in [0.5, 0.6) is 0 Å². The van der Waals surface area contributed by atoms with E-state index in [2.05, 4.69) is 5.32 Å². The van der Waals surface area contributed by atoms with Crippen LogP contribution >= 0.6 is 0 Å². The summed E-state index contributed by atoms with van der Waals surface area (Å²) < 4.78 is 37.5. The van der Waals surface area contributed by atoms with Crippen molar-refractivity contribution in [2.45, 2.75) is 25.6 Å². The highest BCUT2D eigenvalue weighted by Gasteiger charge is 2.30. The summed E-state index contributed by atoms with van der Waals surface area (Å²) in [6, 6.07) is 4.59. The van der Waals surface area contributed by atoms with Gasteiger partial charge >= 0.3 is 6.18 Å². The van der Waals surface area contributed by atoms with Crippen molar-refractivity contribution in [3.63, 3.8) is 0 Å². The number of halogens is 3. The normalized spacial score (nSPS) is 13.7. The average Bonchev–Trinajstić information content (AvgIpc) is 2.29. The smallest absolute Gasteiger partial charge is 0.394 e. The third-order valence-corrected chi connectivity index (χ3v) is 2.44. The van der Waals surface area contributed by atoms with Crippen molar-refractivity contribution < 1.29 is 18.3 Å². The molecule has 0 amide bonds. The molecule has 0 aliphatic carbocycles. The Labute approximate surface area is 98.5 Å². The first-order valence-corrected chi connectivity index (χ1v) is 5.50. The van der Waals surface area contributed by atoms with Gasteiger partial charge in [-0.15, -0.1) is 0 Å². The maximum atomic E-state index is 12.5. The quantitative estimate of drug-likeness (QED) is 0.838. The van der Waals surface area contributed by atoms with Gasteiger partial charge in [-0.3, -0.25) is 0 Å². The number of alkyl halides is 3. The Morgan fingerprint density at radius 3 is 2.59 bits per heavy atom. The van der Waals surface area contributed by atoms with E-state index in [9.17, 15) is 13.2 Å². The van der Waals surface area contributed by atoms with E-state index in [1.807, 2.05) is 6.92 Å². The first-order valence-electron chi connectivity index (χ1n) is 5.50. The van der Waals surface area contributed by atoms with Crippen molar-refractivity contribution in [3.8, 4) is 0 Å². The molecule has 0 fully saturated rings.